The SMILES string of the molecule is Cc1cc(Br)cnc1N(C)c1cccc(C#N)c1. The van der Waals surface area contributed by atoms with E-state index in [2.05, 4.69) is 27.0 Å². The number of nitrogens with zero attached hydrogens (tertiary/aromatic N) is 3. The van der Waals surface area contributed by atoms with Crippen LogP contribution in [0.2, 0.25) is 0 Å². The minimum atomic E-state index is 0.647. The molecule has 1 aromatic heterocycles. The van der Waals surface area contributed by atoms with Gasteiger partial charge in [-0.3, -0.25) is 0 Å². The van der Waals surface area contributed by atoms with Crippen LogP contribution < -0.4 is 4.90 Å². The second kappa shape index (κ2) is 5.19. The average molecular weight is 302 g/mol. The van der Waals surface area contributed by atoms with Crippen molar-refractivity contribution < 1.29 is 0 Å². The molecule has 2 aromatic rings. The molecule has 0 radical (unpaired) electrons. The molecule has 0 spiro atoms. The van der Waals surface area contributed by atoms with Crippen molar-refractivity contribution in [1.82, 2.24) is 4.98 Å². The topological polar surface area (TPSA) is 39.9 Å². The summed E-state index contributed by atoms with van der Waals surface area (Å²) in [5.74, 6) is 0.883. The summed E-state index contributed by atoms with van der Waals surface area (Å²) in [4.78, 5) is 6.38. The van der Waals surface area contributed by atoms with Gasteiger partial charge in [-0.15, -0.1) is 0 Å². The van der Waals surface area contributed by atoms with Gasteiger partial charge in [0.1, 0.15) is 5.82 Å². The molecule has 90 valence electrons. The molecule has 0 aliphatic rings. The Morgan fingerprint density at radius 3 is 2.78 bits per heavy atom. The molecule has 18 heavy (non-hydrogen) atoms. The second-order valence-corrected chi connectivity index (χ2v) is 4.93. The van der Waals surface area contributed by atoms with Crippen molar-refractivity contribution in [2.75, 3.05) is 11.9 Å². The molecule has 0 N–H and O–H groups in total. The highest BCUT2D eigenvalue weighted by Crippen LogP contribution is 2.26. The summed E-state index contributed by atoms with van der Waals surface area (Å²) in [6.07, 6.45) is 1.77. The Hall–Kier alpha value is -1.86. The molecule has 0 aliphatic carbocycles. The van der Waals surface area contributed by atoms with Crippen LogP contribution >= 0.6 is 15.9 Å². The van der Waals surface area contributed by atoms with E-state index in [0.29, 0.717) is 5.56 Å². The number of hydrogen-bond donors (Lipinski definition) is 0. The van der Waals surface area contributed by atoms with Gasteiger partial charge in [0.2, 0.25) is 0 Å². The summed E-state index contributed by atoms with van der Waals surface area (Å²) >= 11 is 3.40. The maximum absolute atomic E-state index is 8.92. The monoisotopic (exact) mass is 301 g/mol. The first kappa shape index (κ1) is 12.6. The first-order valence-electron chi connectivity index (χ1n) is 5.48. The molecule has 0 atom stereocenters. The van der Waals surface area contributed by atoms with Gasteiger partial charge < -0.3 is 4.90 Å². The van der Waals surface area contributed by atoms with E-state index in [1.807, 2.05) is 43.1 Å². The number of nitriles is 1. The van der Waals surface area contributed by atoms with Gasteiger partial charge in [0.15, 0.2) is 0 Å². The van der Waals surface area contributed by atoms with Crippen molar-refractivity contribution >= 4 is 27.4 Å². The Kier molecular flexibility index (Phi) is 3.63. The van der Waals surface area contributed by atoms with Gasteiger partial charge >= 0.3 is 0 Å². The molecule has 1 aromatic carbocycles. The van der Waals surface area contributed by atoms with Gasteiger partial charge in [0, 0.05) is 23.4 Å². The van der Waals surface area contributed by atoms with Crippen molar-refractivity contribution in [2.45, 2.75) is 6.92 Å². The van der Waals surface area contributed by atoms with Gasteiger partial charge in [0.05, 0.1) is 11.6 Å². The fraction of sp³-hybridized carbons (Fsp3) is 0.143. The number of aromatic nitrogens is 1. The maximum Gasteiger partial charge on any atom is 0.135 e. The zero-order valence-corrected chi connectivity index (χ0v) is 11.8. The third-order valence-electron chi connectivity index (χ3n) is 2.70. The number of benzene rings is 1. The number of halogens is 1. The van der Waals surface area contributed by atoms with Crippen LogP contribution in [0.4, 0.5) is 11.5 Å². The number of rotatable bonds is 2. The zero-order valence-electron chi connectivity index (χ0n) is 10.2. The highest BCUT2D eigenvalue weighted by molar-refractivity contribution is 9.10. The van der Waals surface area contributed by atoms with E-state index in [0.717, 1.165) is 21.5 Å². The number of aryl methyl sites for hydroxylation is 1. The van der Waals surface area contributed by atoms with Crippen molar-refractivity contribution in [3.63, 3.8) is 0 Å². The zero-order chi connectivity index (χ0) is 13.1. The van der Waals surface area contributed by atoms with Crippen LogP contribution in [0.3, 0.4) is 0 Å². The van der Waals surface area contributed by atoms with Crippen LogP contribution in [-0.2, 0) is 0 Å². The molecule has 3 nitrogen and oxygen atoms in total. The Morgan fingerprint density at radius 1 is 1.33 bits per heavy atom. The standard InChI is InChI=1S/C14H12BrN3/c1-10-6-12(15)9-17-14(10)18(2)13-5-3-4-11(7-13)8-16/h3-7,9H,1-2H3. The van der Waals surface area contributed by atoms with Crippen molar-refractivity contribution in [3.05, 3.63) is 52.1 Å². The van der Waals surface area contributed by atoms with E-state index in [-0.39, 0.29) is 0 Å². The van der Waals surface area contributed by atoms with Crippen LogP contribution in [0.15, 0.2) is 41.0 Å². The third-order valence-corrected chi connectivity index (χ3v) is 3.13. The lowest BCUT2D eigenvalue weighted by atomic mass is 10.2. The summed E-state index contributed by atoms with van der Waals surface area (Å²) < 4.78 is 0.961. The lowest BCUT2D eigenvalue weighted by Gasteiger charge is -2.20. The summed E-state index contributed by atoms with van der Waals surface area (Å²) in [5, 5.41) is 8.92. The Labute approximate surface area is 115 Å². The molecule has 0 saturated carbocycles. The first-order chi connectivity index (χ1) is 8.61. The molecular weight excluding hydrogens is 290 g/mol. The van der Waals surface area contributed by atoms with E-state index in [4.69, 9.17) is 5.26 Å². The number of anilines is 2. The molecule has 0 aliphatic heterocycles. The molecule has 1 heterocycles. The molecule has 0 bridgehead atoms. The van der Waals surface area contributed by atoms with E-state index >= 15 is 0 Å². The van der Waals surface area contributed by atoms with Gasteiger partial charge in [-0.2, -0.15) is 5.26 Å². The van der Waals surface area contributed by atoms with Crippen LogP contribution in [0, 0.1) is 18.3 Å². The molecule has 2 rings (SSSR count). The highest BCUT2D eigenvalue weighted by Gasteiger charge is 2.09. The minimum absolute atomic E-state index is 0.647. The van der Waals surface area contributed by atoms with E-state index in [1.165, 1.54) is 0 Å². The Balaban J connectivity index is 2.41. The molecule has 0 amide bonds. The van der Waals surface area contributed by atoms with E-state index in [1.54, 1.807) is 12.3 Å². The molecule has 0 saturated heterocycles. The lowest BCUT2D eigenvalue weighted by Crippen LogP contribution is -2.12. The molecule has 0 unspecified atom stereocenters. The highest BCUT2D eigenvalue weighted by atomic mass is 79.9. The number of hydrogen-bond acceptors (Lipinski definition) is 3. The van der Waals surface area contributed by atoms with Gasteiger partial charge in [0.25, 0.3) is 0 Å². The van der Waals surface area contributed by atoms with E-state index in [9.17, 15) is 0 Å². The summed E-state index contributed by atoms with van der Waals surface area (Å²) in [5.41, 5.74) is 2.68. The van der Waals surface area contributed by atoms with Crippen molar-refractivity contribution in [2.24, 2.45) is 0 Å². The predicted molar refractivity (Wildman–Crippen MR) is 75.9 cm³/mol. The van der Waals surface area contributed by atoms with Crippen molar-refractivity contribution in [1.29, 1.82) is 5.26 Å². The summed E-state index contributed by atoms with van der Waals surface area (Å²) in [7, 11) is 1.94. The van der Waals surface area contributed by atoms with Gasteiger partial charge in [-0.05, 0) is 52.7 Å². The van der Waals surface area contributed by atoms with Crippen LogP contribution in [0.1, 0.15) is 11.1 Å². The Morgan fingerprint density at radius 2 is 2.11 bits per heavy atom. The predicted octanol–water partition coefficient (Wildman–Crippen LogP) is 3.79. The fourth-order valence-corrected chi connectivity index (χ4v) is 2.24. The van der Waals surface area contributed by atoms with Crippen molar-refractivity contribution in [3.8, 4) is 6.07 Å². The van der Waals surface area contributed by atoms with Crippen LogP contribution in [-0.4, -0.2) is 12.0 Å². The quantitative estimate of drug-likeness (QED) is 0.847. The molecule has 4 heteroatoms. The van der Waals surface area contributed by atoms with Crippen LogP contribution in [0.25, 0.3) is 0 Å². The normalized spacial score (nSPS) is 9.89. The maximum atomic E-state index is 8.92. The summed E-state index contributed by atoms with van der Waals surface area (Å²) in [6.45, 7) is 2.01. The first-order valence-corrected chi connectivity index (χ1v) is 6.27. The van der Waals surface area contributed by atoms with Gasteiger partial charge in [-0.25, -0.2) is 4.98 Å². The van der Waals surface area contributed by atoms with Gasteiger partial charge in [-0.1, -0.05) is 6.07 Å². The number of pyridine rings is 1. The minimum Gasteiger partial charge on any atom is -0.329 e. The fourth-order valence-electron chi connectivity index (χ4n) is 1.79. The van der Waals surface area contributed by atoms with E-state index < -0.39 is 0 Å². The average Bonchev–Trinajstić information content (AvgIpc) is 2.38. The summed E-state index contributed by atoms with van der Waals surface area (Å²) in [6, 6.07) is 11.6. The third kappa shape index (κ3) is 2.52. The molecular formula is C14H12BrN3. The largest absolute Gasteiger partial charge is 0.329 e. The Bertz CT molecular complexity index is 617. The second-order valence-electron chi connectivity index (χ2n) is 4.02. The van der Waals surface area contributed by atoms with Crippen LogP contribution in [0.5, 0.6) is 0 Å². The molecule has 0 fully saturated rings. The lowest BCUT2D eigenvalue weighted by molar-refractivity contribution is 1.10. The smallest absolute Gasteiger partial charge is 0.135 e.